The number of hydrogen-bond donors (Lipinski definition) is 0. The van der Waals surface area contributed by atoms with E-state index in [9.17, 15) is 0 Å². The molecule has 8 rings (SSSR count). The molecule has 3 heterocycles. The van der Waals surface area contributed by atoms with Crippen LogP contribution >= 0.6 is 11.3 Å². The van der Waals surface area contributed by atoms with Crippen molar-refractivity contribution in [3.8, 4) is 67.0 Å². The van der Waals surface area contributed by atoms with Crippen LogP contribution in [0, 0.1) is 0 Å². The van der Waals surface area contributed by atoms with E-state index in [1.54, 1.807) is 17.5 Å². The molecule has 3 aromatic heterocycles. The van der Waals surface area contributed by atoms with E-state index in [1.807, 2.05) is 79.0 Å². The summed E-state index contributed by atoms with van der Waals surface area (Å²) < 4.78 is 1.13. The SMILES string of the molecule is c1ccc(-c2nc(-c3ccccc3)nc(-c3ccc(-c4cc(-c5cccnc5)c5nc(-c6ccccc6)sc5c4)cc3)n2)cc1. The van der Waals surface area contributed by atoms with E-state index in [0.717, 1.165) is 59.7 Å². The van der Waals surface area contributed by atoms with Crippen LogP contribution in [0.5, 0.6) is 0 Å². The zero-order chi connectivity index (χ0) is 30.0. The average molecular weight is 596 g/mol. The summed E-state index contributed by atoms with van der Waals surface area (Å²) in [6, 6.07) is 47.4. The van der Waals surface area contributed by atoms with Crippen molar-refractivity contribution >= 4 is 21.6 Å². The first kappa shape index (κ1) is 26.8. The van der Waals surface area contributed by atoms with Gasteiger partial charge in [-0.2, -0.15) is 0 Å². The number of thiazole rings is 1. The Kier molecular flexibility index (Phi) is 6.94. The van der Waals surface area contributed by atoms with Gasteiger partial charge in [-0.25, -0.2) is 19.9 Å². The fraction of sp³-hybridized carbons (Fsp3) is 0. The standard InChI is InChI=1S/C39H25N5S/c1-4-11-27(12-5-1)36-42-37(28-13-6-2-7-14-28)44-38(43-36)29-20-18-26(19-21-29)32-23-33(31-17-10-22-40-25-31)35-34(24-32)45-39(41-35)30-15-8-3-9-16-30/h1-25H. The topological polar surface area (TPSA) is 64.5 Å². The third-order valence-electron chi connectivity index (χ3n) is 7.66. The number of nitrogens with zero attached hydrogens (tertiary/aromatic N) is 5. The van der Waals surface area contributed by atoms with Crippen LogP contribution in [0.2, 0.25) is 0 Å². The highest BCUT2D eigenvalue weighted by molar-refractivity contribution is 7.21. The molecule has 0 radical (unpaired) electrons. The summed E-state index contributed by atoms with van der Waals surface area (Å²) in [5, 5.41) is 1.00. The summed E-state index contributed by atoms with van der Waals surface area (Å²) in [7, 11) is 0. The molecule has 212 valence electrons. The lowest BCUT2D eigenvalue weighted by atomic mass is 9.98. The van der Waals surface area contributed by atoms with Gasteiger partial charge in [-0.05, 0) is 29.3 Å². The number of fused-ring (bicyclic) bond motifs is 1. The maximum atomic E-state index is 5.08. The molecule has 0 aliphatic rings. The molecule has 0 aliphatic heterocycles. The number of benzene rings is 5. The second-order valence-corrected chi connectivity index (χ2v) is 11.6. The molecule has 5 nitrogen and oxygen atoms in total. The Morgan fingerprint density at radius 2 is 0.911 bits per heavy atom. The second kappa shape index (κ2) is 11.7. The Hall–Kier alpha value is -5.85. The lowest BCUT2D eigenvalue weighted by Crippen LogP contribution is -2.00. The number of hydrogen-bond acceptors (Lipinski definition) is 6. The maximum Gasteiger partial charge on any atom is 0.164 e. The van der Waals surface area contributed by atoms with Gasteiger partial charge in [0.05, 0.1) is 10.2 Å². The van der Waals surface area contributed by atoms with Crippen LogP contribution in [-0.4, -0.2) is 24.9 Å². The summed E-state index contributed by atoms with van der Waals surface area (Å²) in [4.78, 5) is 24.1. The second-order valence-electron chi connectivity index (χ2n) is 10.6. The number of aromatic nitrogens is 5. The zero-order valence-corrected chi connectivity index (χ0v) is 24.9. The first-order valence-corrected chi connectivity index (χ1v) is 15.5. The fourth-order valence-corrected chi connectivity index (χ4v) is 6.43. The summed E-state index contributed by atoms with van der Waals surface area (Å²) in [5.41, 5.74) is 9.24. The van der Waals surface area contributed by atoms with Crippen molar-refractivity contribution in [1.82, 2.24) is 24.9 Å². The molecule has 8 aromatic rings. The highest BCUT2D eigenvalue weighted by Gasteiger charge is 2.16. The highest BCUT2D eigenvalue weighted by Crippen LogP contribution is 2.39. The molecule has 0 aliphatic carbocycles. The van der Waals surface area contributed by atoms with E-state index in [2.05, 4.69) is 71.7 Å². The zero-order valence-electron chi connectivity index (χ0n) is 24.1. The summed E-state index contributed by atoms with van der Waals surface area (Å²) in [6.45, 7) is 0. The van der Waals surface area contributed by atoms with Crippen molar-refractivity contribution < 1.29 is 0 Å². The quantitative estimate of drug-likeness (QED) is 0.191. The molecule has 6 heteroatoms. The van der Waals surface area contributed by atoms with Crippen LogP contribution in [0.1, 0.15) is 0 Å². The Bertz CT molecular complexity index is 2180. The monoisotopic (exact) mass is 595 g/mol. The molecule has 0 N–H and O–H groups in total. The first-order valence-electron chi connectivity index (χ1n) is 14.7. The van der Waals surface area contributed by atoms with Crippen molar-refractivity contribution in [2.45, 2.75) is 0 Å². The summed E-state index contributed by atoms with van der Waals surface area (Å²) >= 11 is 1.71. The molecule has 0 saturated heterocycles. The number of rotatable bonds is 6. The van der Waals surface area contributed by atoms with Crippen molar-refractivity contribution in [2.24, 2.45) is 0 Å². The molecule has 45 heavy (non-hydrogen) atoms. The van der Waals surface area contributed by atoms with Gasteiger partial charge < -0.3 is 0 Å². The predicted octanol–water partition coefficient (Wildman–Crippen LogP) is 9.88. The van der Waals surface area contributed by atoms with Crippen molar-refractivity contribution in [1.29, 1.82) is 0 Å². The van der Waals surface area contributed by atoms with Crippen molar-refractivity contribution in [3.63, 3.8) is 0 Å². The molecule has 0 spiro atoms. The van der Waals surface area contributed by atoms with Gasteiger partial charge in [0.15, 0.2) is 17.5 Å². The van der Waals surface area contributed by atoms with Crippen LogP contribution in [0.15, 0.2) is 152 Å². The minimum absolute atomic E-state index is 0.635. The van der Waals surface area contributed by atoms with Crippen molar-refractivity contribution in [3.05, 3.63) is 152 Å². The third-order valence-corrected chi connectivity index (χ3v) is 8.72. The Morgan fingerprint density at radius 3 is 1.47 bits per heavy atom. The van der Waals surface area contributed by atoms with E-state index in [4.69, 9.17) is 19.9 Å². The number of pyridine rings is 1. The van der Waals surface area contributed by atoms with Crippen LogP contribution in [0.4, 0.5) is 0 Å². The normalized spacial score (nSPS) is 11.1. The maximum absolute atomic E-state index is 5.08. The Balaban J connectivity index is 1.22. The third kappa shape index (κ3) is 5.39. The first-order chi connectivity index (χ1) is 22.3. The van der Waals surface area contributed by atoms with Crippen molar-refractivity contribution in [2.75, 3.05) is 0 Å². The molecule has 0 unspecified atom stereocenters. The lowest BCUT2D eigenvalue weighted by Gasteiger charge is -2.10. The van der Waals surface area contributed by atoms with E-state index >= 15 is 0 Å². The van der Waals surface area contributed by atoms with Crippen LogP contribution in [0.3, 0.4) is 0 Å². The van der Waals surface area contributed by atoms with Gasteiger partial charge in [-0.1, -0.05) is 121 Å². The Morgan fingerprint density at radius 1 is 0.400 bits per heavy atom. The summed E-state index contributed by atoms with van der Waals surface area (Å²) in [5.74, 6) is 1.93. The molecular weight excluding hydrogens is 571 g/mol. The van der Waals surface area contributed by atoms with Gasteiger partial charge in [-0.3, -0.25) is 4.98 Å². The molecule has 0 fully saturated rings. The lowest BCUT2D eigenvalue weighted by molar-refractivity contribution is 1.07. The predicted molar refractivity (Wildman–Crippen MR) is 183 cm³/mol. The largest absolute Gasteiger partial charge is 0.264 e. The molecule has 0 amide bonds. The molecule has 0 bridgehead atoms. The van der Waals surface area contributed by atoms with Gasteiger partial charge in [0.2, 0.25) is 0 Å². The molecule has 5 aromatic carbocycles. The summed E-state index contributed by atoms with van der Waals surface area (Å²) in [6.07, 6.45) is 3.70. The van der Waals surface area contributed by atoms with E-state index < -0.39 is 0 Å². The van der Waals surface area contributed by atoms with Crippen LogP contribution in [0.25, 0.3) is 77.2 Å². The minimum atomic E-state index is 0.635. The molecule has 0 atom stereocenters. The van der Waals surface area contributed by atoms with Crippen LogP contribution < -0.4 is 0 Å². The van der Waals surface area contributed by atoms with Gasteiger partial charge in [0, 0.05) is 45.8 Å². The van der Waals surface area contributed by atoms with E-state index in [-0.39, 0.29) is 0 Å². The molecular formula is C39H25N5S. The van der Waals surface area contributed by atoms with E-state index in [0.29, 0.717) is 17.5 Å². The minimum Gasteiger partial charge on any atom is -0.264 e. The van der Waals surface area contributed by atoms with Gasteiger partial charge in [0.25, 0.3) is 0 Å². The average Bonchev–Trinajstić information content (AvgIpc) is 3.57. The van der Waals surface area contributed by atoms with Gasteiger partial charge >= 0.3 is 0 Å². The Labute approximate surface area is 264 Å². The smallest absolute Gasteiger partial charge is 0.164 e. The molecule has 0 saturated carbocycles. The van der Waals surface area contributed by atoms with Crippen LogP contribution in [-0.2, 0) is 0 Å². The fourth-order valence-electron chi connectivity index (χ4n) is 5.39. The highest BCUT2D eigenvalue weighted by atomic mass is 32.1. The van der Waals surface area contributed by atoms with E-state index in [1.165, 1.54) is 0 Å². The van der Waals surface area contributed by atoms with Gasteiger partial charge in [0.1, 0.15) is 5.01 Å². The van der Waals surface area contributed by atoms with Gasteiger partial charge in [-0.15, -0.1) is 11.3 Å².